The number of nitrogens with zero attached hydrogens (tertiary/aromatic N) is 5. The Bertz CT molecular complexity index is 611. The molecule has 2 aromatic rings. The highest BCUT2D eigenvalue weighted by Crippen LogP contribution is 2.39. The van der Waals surface area contributed by atoms with Crippen molar-refractivity contribution < 1.29 is 4.79 Å². The van der Waals surface area contributed by atoms with Crippen molar-refractivity contribution in [2.75, 3.05) is 13.1 Å². The highest BCUT2D eigenvalue weighted by molar-refractivity contribution is 7.16. The number of aromatic nitrogens is 4. The van der Waals surface area contributed by atoms with Gasteiger partial charge in [0.05, 0.1) is 0 Å². The van der Waals surface area contributed by atoms with Crippen LogP contribution in [0.3, 0.4) is 0 Å². The molecule has 1 fully saturated rings. The summed E-state index contributed by atoms with van der Waals surface area (Å²) in [5.74, 6) is 1.72. The highest BCUT2D eigenvalue weighted by Gasteiger charge is 2.30. The van der Waals surface area contributed by atoms with Crippen molar-refractivity contribution in [2.45, 2.75) is 45.4 Å². The Balaban J connectivity index is 1.67. The molecule has 20 heavy (non-hydrogen) atoms. The van der Waals surface area contributed by atoms with E-state index in [0.717, 1.165) is 28.9 Å². The normalized spacial score (nSPS) is 14.9. The van der Waals surface area contributed by atoms with E-state index >= 15 is 0 Å². The molecule has 1 aliphatic rings. The molecule has 1 saturated carbocycles. The number of hydrogen-bond acceptors (Lipinski definition) is 5. The lowest BCUT2D eigenvalue weighted by Gasteiger charge is -2.17. The Morgan fingerprint density at radius 2 is 2.10 bits per heavy atom. The molecule has 0 aromatic carbocycles. The quantitative estimate of drug-likeness (QED) is 0.815. The Kier molecular flexibility index (Phi) is 3.69. The predicted octanol–water partition coefficient (Wildman–Crippen LogP) is 1.86. The molecule has 2 aromatic heterocycles. The maximum Gasteiger partial charge on any atom is 0.234 e. The number of hydrogen-bond donors (Lipinski definition) is 0. The predicted molar refractivity (Wildman–Crippen MR) is 76.9 cm³/mol. The molecule has 0 radical (unpaired) electrons. The van der Waals surface area contributed by atoms with Gasteiger partial charge in [-0.25, -0.2) is 0 Å². The molecule has 0 unspecified atom stereocenters. The van der Waals surface area contributed by atoms with E-state index in [4.69, 9.17) is 0 Å². The van der Waals surface area contributed by atoms with Gasteiger partial charge in [0.25, 0.3) is 0 Å². The molecule has 1 amide bonds. The molecule has 0 atom stereocenters. The molecule has 1 aliphatic carbocycles. The van der Waals surface area contributed by atoms with Gasteiger partial charge in [-0.15, -0.1) is 10.2 Å². The Morgan fingerprint density at radius 1 is 1.35 bits per heavy atom. The first-order chi connectivity index (χ1) is 9.72. The van der Waals surface area contributed by atoms with Crippen LogP contribution in [0.2, 0.25) is 0 Å². The minimum Gasteiger partial charge on any atom is -0.343 e. The fourth-order valence-corrected chi connectivity index (χ4v) is 3.16. The third-order valence-corrected chi connectivity index (χ3v) is 4.63. The molecule has 3 rings (SSSR count). The number of carbonyl (C=O) groups excluding carboxylic acids is 1. The summed E-state index contributed by atoms with van der Waals surface area (Å²) in [6, 6.07) is 0. The van der Waals surface area contributed by atoms with E-state index in [1.54, 1.807) is 0 Å². The van der Waals surface area contributed by atoms with Crippen LogP contribution >= 0.6 is 11.3 Å². The van der Waals surface area contributed by atoms with E-state index < -0.39 is 0 Å². The molecule has 0 bridgehead atoms. The van der Waals surface area contributed by atoms with Gasteiger partial charge in [0.15, 0.2) is 5.82 Å². The molecule has 108 valence electrons. The van der Waals surface area contributed by atoms with Gasteiger partial charge in [-0.1, -0.05) is 11.3 Å². The topological polar surface area (TPSA) is 63.4 Å². The van der Waals surface area contributed by atoms with Gasteiger partial charge in [0.1, 0.15) is 5.01 Å². The van der Waals surface area contributed by atoms with Crippen LogP contribution in [-0.2, 0) is 11.2 Å². The lowest BCUT2D eigenvalue weighted by atomic mass is 10.3. The van der Waals surface area contributed by atoms with Crippen molar-refractivity contribution in [2.24, 2.45) is 0 Å². The van der Waals surface area contributed by atoms with Crippen molar-refractivity contribution in [3.05, 3.63) is 10.8 Å². The Hall–Kier alpha value is -1.50. The van der Waals surface area contributed by atoms with Crippen LogP contribution < -0.4 is 0 Å². The molecule has 2 heterocycles. The second-order valence-electron chi connectivity index (χ2n) is 5.09. The maximum absolute atomic E-state index is 12.0. The van der Waals surface area contributed by atoms with Crippen LogP contribution in [0.4, 0.5) is 0 Å². The van der Waals surface area contributed by atoms with E-state index in [-0.39, 0.29) is 5.91 Å². The summed E-state index contributed by atoms with van der Waals surface area (Å²) in [5.41, 5.74) is 0. The fraction of sp³-hybridized carbons (Fsp3) is 0.692. The Labute approximate surface area is 121 Å². The minimum atomic E-state index is 0.198. The number of fused-ring (bicyclic) bond motifs is 1. The molecule has 0 N–H and O–H groups in total. The SMILES string of the molecule is CCN(CC)C(=O)CCc1nn2c(C3CC3)nnc2s1. The van der Waals surface area contributed by atoms with Crippen LogP contribution in [-0.4, -0.2) is 43.7 Å². The molecule has 6 nitrogen and oxygen atoms in total. The summed E-state index contributed by atoms with van der Waals surface area (Å²) in [7, 11) is 0. The largest absolute Gasteiger partial charge is 0.343 e. The van der Waals surface area contributed by atoms with Gasteiger partial charge in [-0.3, -0.25) is 4.79 Å². The molecule has 0 spiro atoms. The molecular weight excluding hydrogens is 274 g/mol. The van der Waals surface area contributed by atoms with Gasteiger partial charge < -0.3 is 4.90 Å². The summed E-state index contributed by atoms with van der Waals surface area (Å²) in [6.45, 7) is 5.55. The number of amides is 1. The van der Waals surface area contributed by atoms with Gasteiger partial charge >= 0.3 is 0 Å². The van der Waals surface area contributed by atoms with E-state index in [2.05, 4.69) is 15.3 Å². The first-order valence-corrected chi connectivity index (χ1v) is 8.03. The van der Waals surface area contributed by atoms with Crippen molar-refractivity contribution in [1.29, 1.82) is 0 Å². The second kappa shape index (κ2) is 5.47. The lowest BCUT2D eigenvalue weighted by molar-refractivity contribution is -0.130. The van der Waals surface area contributed by atoms with E-state index in [1.165, 1.54) is 24.2 Å². The Morgan fingerprint density at radius 3 is 2.75 bits per heavy atom. The van der Waals surface area contributed by atoms with Gasteiger partial charge in [-0.2, -0.15) is 9.61 Å². The van der Waals surface area contributed by atoms with Crippen molar-refractivity contribution in [3.63, 3.8) is 0 Å². The van der Waals surface area contributed by atoms with Crippen LogP contribution in [0.1, 0.15) is 49.9 Å². The van der Waals surface area contributed by atoms with Gasteiger partial charge in [-0.05, 0) is 26.7 Å². The zero-order chi connectivity index (χ0) is 14.1. The average Bonchev–Trinajstić information content (AvgIpc) is 3.08. The van der Waals surface area contributed by atoms with Crippen LogP contribution in [0, 0.1) is 0 Å². The maximum atomic E-state index is 12.0. The van der Waals surface area contributed by atoms with E-state index in [0.29, 0.717) is 18.8 Å². The molecular formula is C13H19N5OS. The average molecular weight is 293 g/mol. The summed E-state index contributed by atoms with van der Waals surface area (Å²) in [6.07, 6.45) is 3.58. The first kappa shape index (κ1) is 13.5. The summed E-state index contributed by atoms with van der Waals surface area (Å²) < 4.78 is 1.86. The summed E-state index contributed by atoms with van der Waals surface area (Å²) in [5, 5.41) is 13.9. The summed E-state index contributed by atoms with van der Waals surface area (Å²) in [4.78, 5) is 14.7. The lowest BCUT2D eigenvalue weighted by Crippen LogP contribution is -2.30. The summed E-state index contributed by atoms with van der Waals surface area (Å²) >= 11 is 1.54. The van der Waals surface area contributed by atoms with Crippen molar-refractivity contribution >= 4 is 22.2 Å². The molecule has 0 saturated heterocycles. The minimum absolute atomic E-state index is 0.198. The van der Waals surface area contributed by atoms with E-state index in [9.17, 15) is 4.79 Å². The first-order valence-electron chi connectivity index (χ1n) is 7.21. The third-order valence-electron chi connectivity index (χ3n) is 3.67. The third kappa shape index (κ3) is 2.54. The van der Waals surface area contributed by atoms with Crippen molar-refractivity contribution in [3.8, 4) is 0 Å². The second-order valence-corrected chi connectivity index (χ2v) is 6.13. The van der Waals surface area contributed by atoms with E-state index in [1.807, 2.05) is 23.3 Å². The number of aryl methyl sites for hydroxylation is 1. The smallest absolute Gasteiger partial charge is 0.234 e. The highest BCUT2D eigenvalue weighted by atomic mass is 32.1. The fourth-order valence-electron chi connectivity index (χ4n) is 2.32. The zero-order valence-electron chi connectivity index (χ0n) is 11.9. The zero-order valence-corrected chi connectivity index (χ0v) is 12.7. The standard InChI is InChI=1S/C13H19N5OS/c1-3-17(4-2)11(19)8-7-10-16-18-12(9-5-6-9)14-15-13(18)20-10/h9H,3-8H2,1-2H3. The monoisotopic (exact) mass is 293 g/mol. The number of carbonyl (C=O) groups is 1. The molecule has 0 aliphatic heterocycles. The van der Waals surface area contributed by atoms with Crippen LogP contribution in [0.25, 0.3) is 4.96 Å². The van der Waals surface area contributed by atoms with Crippen LogP contribution in [0.15, 0.2) is 0 Å². The van der Waals surface area contributed by atoms with Gasteiger partial charge in [0, 0.05) is 31.8 Å². The molecule has 7 heteroatoms. The van der Waals surface area contributed by atoms with Gasteiger partial charge in [0.2, 0.25) is 10.9 Å². The number of rotatable bonds is 6. The van der Waals surface area contributed by atoms with Crippen molar-refractivity contribution in [1.82, 2.24) is 24.7 Å². The van der Waals surface area contributed by atoms with Crippen LogP contribution in [0.5, 0.6) is 0 Å².